The molecule has 0 aliphatic carbocycles. The molecule has 0 unspecified atom stereocenters. The van der Waals surface area contributed by atoms with E-state index in [9.17, 15) is 4.79 Å². The fraction of sp³-hybridized carbons (Fsp3) is 0.474. The highest BCUT2D eigenvalue weighted by molar-refractivity contribution is 5.95. The third-order valence-electron chi connectivity index (χ3n) is 4.84. The normalized spacial score (nSPS) is 17.4. The summed E-state index contributed by atoms with van der Waals surface area (Å²) >= 11 is 0. The van der Waals surface area contributed by atoms with Gasteiger partial charge in [-0.15, -0.1) is 0 Å². The summed E-state index contributed by atoms with van der Waals surface area (Å²) in [5.74, 6) is 1.36. The first kappa shape index (κ1) is 17.3. The molecule has 2 aromatic rings. The van der Waals surface area contributed by atoms with Crippen LogP contribution in [0.3, 0.4) is 0 Å². The Morgan fingerprint density at radius 1 is 1.24 bits per heavy atom. The van der Waals surface area contributed by atoms with Crippen LogP contribution in [0, 0.1) is 6.92 Å². The van der Waals surface area contributed by atoms with Crippen molar-refractivity contribution in [3.05, 3.63) is 41.7 Å². The summed E-state index contributed by atoms with van der Waals surface area (Å²) in [4.78, 5) is 15.1. The number of likely N-dealkylation sites (tertiary alicyclic amines) is 1. The van der Waals surface area contributed by atoms with Crippen LogP contribution in [0.2, 0.25) is 0 Å². The van der Waals surface area contributed by atoms with Gasteiger partial charge in [0.15, 0.2) is 0 Å². The van der Waals surface area contributed by atoms with Gasteiger partial charge in [-0.25, -0.2) is 0 Å². The van der Waals surface area contributed by atoms with Gasteiger partial charge in [0.2, 0.25) is 0 Å². The summed E-state index contributed by atoms with van der Waals surface area (Å²) in [6.45, 7) is 3.41. The van der Waals surface area contributed by atoms with Crippen molar-refractivity contribution >= 4 is 5.91 Å². The van der Waals surface area contributed by atoms with Crippen molar-refractivity contribution in [2.24, 2.45) is 0 Å². The summed E-state index contributed by atoms with van der Waals surface area (Å²) in [6.07, 6.45) is 6.86. The van der Waals surface area contributed by atoms with Crippen LogP contribution in [-0.2, 0) is 6.54 Å². The van der Waals surface area contributed by atoms with E-state index in [1.54, 1.807) is 32.5 Å². The average Bonchev–Trinajstić information content (AvgIpc) is 3.15. The lowest BCUT2D eigenvalue weighted by molar-refractivity contribution is 0.0583. The van der Waals surface area contributed by atoms with Crippen molar-refractivity contribution in [2.75, 3.05) is 20.8 Å². The number of amides is 1. The van der Waals surface area contributed by atoms with E-state index in [0.717, 1.165) is 37.9 Å². The molecule has 0 spiro atoms. The highest BCUT2D eigenvalue weighted by Crippen LogP contribution is 2.31. The van der Waals surface area contributed by atoms with Crippen LogP contribution in [0.25, 0.3) is 0 Å². The molecule has 0 bridgehead atoms. The summed E-state index contributed by atoms with van der Waals surface area (Å²) in [6, 6.07) is 5.67. The second kappa shape index (κ2) is 7.59. The standard InChI is InChI=1S/C19H25N3O3/c1-14-17(24-2)11-15(12-18(14)25-3)19(23)22-10-5-4-7-16(22)13-21-9-6-8-20-21/h6,8-9,11-12,16H,4-5,7,10,13H2,1-3H3/t16-/m1/s1. The second-order valence-corrected chi connectivity index (χ2v) is 6.38. The lowest BCUT2D eigenvalue weighted by Crippen LogP contribution is -2.46. The summed E-state index contributed by atoms with van der Waals surface area (Å²) in [7, 11) is 3.22. The Hall–Kier alpha value is -2.50. The maximum Gasteiger partial charge on any atom is 0.254 e. The van der Waals surface area contributed by atoms with Crippen LogP contribution in [0.15, 0.2) is 30.6 Å². The number of aromatic nitrogens is 2. The van der Waals surface area contributed by atoms with Crippen molar-refractivity contribution in [1.29, 1.82) is 0 Å². The lowest BCUT2D eigenvalue weighted by Gasteiger charge is -2.36. The summed E-state index contributed by atoms with van der Waals surface area (Å²) in [5, 5.41) is 4.28. The van der Waals surface area contributed by atoms with E-state index in [1.165, 1.54) is 0 Å². The zero-order valence-electron chi connectivity index (χ0n) is 15.1. The van der Waals surface area contributed by atoms with Gasteiger partial charge in [0.05, 0.1) is 26.8 Å². The maximum absolute atomic E-state index is 13.2. The number of hydrogen-bond donors (Lipinski definition) is 0. The zero-order valence-corrected chi connectivity index (χ0v) is 15.1. The van der Waals surface area contributed by atoms with Gasteiger partial charge in [0.25, 0.3) is 5.91 Å². The molecule has 134 valence electrons. The van der Waals surface area contributed by atoms with E-state index in [-0.39, 0.29) is 11.9 Å². The monoisotopic (exact) mass is 343 g/mol. The number of nitrogens with zero attached hydrogens (tertiary/aromatic N) is 3. The molecular formula is C19H25N3O3. The largest absolute Gasteiger partial charge is 0.496 e. The number of methoxy groups -OCH3 is 2. The SMILES string of the molecule is COc1cc(C(=O)N2CCCC[C@@H]2Cn2cccn2)cc(OC)c1C. The fourth-order valence-corrected chi connectivity index (χ4v) is 3.46. The van der Waals surface area contributed by atoms with Crippen molar-refractivity contribution in [2.45, 2.75) is 38.8 Å². The third-order valence-corrected chi connectivity index (χ3v) is 4.84. The number of ether oxygens (including phenoxy) is 2. The molecule has 6 heteroatoms. The molecule has 1 saturated heterocycles. The molecule has 1 aromatic carbocycles. The maximum atomic E-state index is 13.2. The number of carbonyl (C=O) groups excluding carboxylic acids is 1. The Kier molecular flexibility index (Phi) is 5.26. The molecule has 1 aliphatic heterocycles. The van der Waals surface area contributed by atoms with Gasteiger partial charge in [0, 0.05) is 30.1 Å². The number of carbonyl (C=O) groups is 1. The van der Waals surface area contributed by atoms with Crippen molar-refractivity contribution in [3.8, 4) is 11.5 Å². The molecule has 1 amide bonds. The first-order valence-electron chi connectivity index (χ1n) is 8.65. The van der Waals surface area contributed by atoms with Crippen LogP contribution in [-0.4, -0.2) is 47.4 Å². The first-order chi connectivity index (χ1) is 12.1. The number of benzene rings is 1. The van der Waals surface area contributed by atoms with Gasteiger partial charge in [-0.1, -0.05) is 0 Å². The van der Waals surface area contributed by atoms with E-state index in [4.69, 9.17) is 9.47 Å². The van der Waals surface area contributed by atoms with E-state index < -0.39 is 0 Å². The number of rotatable bonds is 5. The third kappa shape index (κ3) is 3.62. The molecule has 0 radical (unpaired) electrons. The van der Waals surface area contributed by atoms with Gasteiger partial charge < -0.3 is 14.4 Å². The number of piperidine rings is 1. The molecule has 0 saturated carbocycles. The molecule has 0 N–H and O–H groups in total. The van der Waals surface area contributed by atoms with E-state index >= 15 is 0 Å². The van der Waals surface area contributed by atoms with E-state index in [1.807, 2.05) is 28.8 Å². The number of hydrogen-bond acceptors (Lipinski definition) is 4. The molecule has 1 fully saturated rings. The zero-order chi connectivity index (χ0) is 17.8. The van der Waals surface area contributed by atoms with Gasteiger partial charge in [-0.2, -0.15) is 5.10 Å². The van der Waals surface area contributed by atoms with Gasteiger partial charge in [-0.05, 0) is 44.4 Å². The predicted octanol–water partition coefficient (Wildman–Crippen LogP) is 2.90. The Bertz CT molecular complexity index is 703. The highest BCUT2D eigenvalue weighted by atomic mass is 16.5. The Morgan fingerprint density at radius 3 is 2.56 bits per heavy atom. The topological polar surface area (TPSA) is 56.6 Å². The second-order valence-electron chi connectivity index (χ2n) is 6.38. The molecule has 25 heavy (non-hydrogen) atoms. The van der Waals surface area contributed by atoms with E-state index in [2.05, 4.69) is 5.10 Å². The van der Waals surface area contributed by atoms with Crippen LogP contribution in [0.5, 0.6) is 11.5 Å². The molecule has 1 atom stereocenters. The highest BCUT2D eigenvalue weighted by Gasteiger charge is 2.28. The van der Waals surface area contributed by atoms with Gasteiger partial charge >= 0.3 is 0 Å². The molecule has 6 nitrogen and oxygen atoms in total. The average molecular weight is 343 g/mol. The lowest BCUT2D eigenvalue weighted by atomic mass is 10.00. The van der Waals surface area contributed by atoms with Crippen LogP contribution in [0.4, 0.5) is 0 Å². The van der Waals surface area contributed by atoms with Crippen molar-refractivity contribution < 1.29 is 14.3 Å². The van der Waals surface area contributed by atoms with Crippen LogP contribution >= 0.6 is 0 Å². The minimum atomic E-state index is 0.0217. The summed E-state index contributed by atoms with van der Waals surface area (Å²) in [5.41, 5.74) is 1.50. The first-order valence-corrected chi connectivity index (χ1v) is 8.65. The van der Waals surface area contributed by atoms with Crippen molar-refractivity contribution in [3.63, 3.8) is 0 Å². The van der Waals surface area contributed by atoms with E-state index in [0.29, 0.717) is 17.1 Å². The molecule has 1 aromatic heterocycles. The molecular weight excluding hydrogens is 318 g/mol. The summed E-state index contributed by atoms with van der Waals surface area (Å²) < 4.78 is 12.7. The Morgan fingerprint density at radius 2 is 1.96 bits per heavy atom. The van der Waals surface area contributed by atoms with Crippen LogP contribution < -0.4 is 9.47 Å². The minimum absolute atomic E-state index is 0.0217. The quantitative estimate of drug-likeness (QED) is 0.838. The van der Waals surface area contributed by atoms with Gasteiger partial charge in [0.1, 0.15) is 11.5 Å². The van der Waals surface area contributed by atoms with Crippen LogP contribution in [0.1, 0.15) is 35.2 Å². The fourth-order valence-electron chi connectivity index (χ4n) is 3.46. The Balaban J connectivity index is 1.87. The predicted molar refractivity (Wildman–Crippen MR) is 95.2 cm³/mol. The molecule has 1 aliphatic rings. The Labute approximate surface area is 148 Å². The molecule has 3 rings (SSSR count). The molecule has 2 heterocycles. The smallest absolute Gasteiger partial charge is 0.254 e. The minimum Gasteiger partial charge on any atom is -0.496 e. The van der Waals surface area contributed by atoms with Gasteiger partial charge in [-0.3, -0.25) is 9.48 Å². The van der Waals surface area contributed by atoms with Crippen molar-refractivity contribution in [1.82, 2.24) is 14.7 Å².